The lowest BCUT2D eigenvalue weighted by Crippen LogP contribution is -2.11. The second-order valence-corrected chi connectivity index (χ2v) is 1.97. The molecule has 0 saturated carbocycles. The minimum Gasteiger partial charge on any atom is -0.397 e. The molecule has 1 rings (SSSR count). The summed E-state index contributed by atoms with van der Waals surface area (Å²) in [6.07, 6.45) is 1.76. The second kappa shape index (κ2) is 1.93. The topological polar surface area (TPSA) is 66.2 Å². The lowest BCUT2D eigenvalue weighted by Gasteiger charge is -1.94. The van der Waals surface area contributed by atoms with Gasteiger partial charge >= 0.3 is 0 Å². The Kier molecular flexibility index (Phi) is 1.26. The van der Waals surface area contributed by atoms with Gasteiger partial charge in [0.15, 0.2) is 6.20 Å². The Morgan fingerprint density at radius 2 is 2.11 bits per heavy atom. The molecule has 1 aromatic heterocycles. The van der Waals surface area contributed by atoms with Crippen molar-refractivity contribution in [2.45, 2.75) is 6.92 Å². The molecule has 48 valence electrons. The Labute approximate surface area is 53.7 Å². The van der Waals surface area contributed by atoms with Crippen LogP contribution in [-0.4, -0.2) is 0 Å². The average molecular weight is 124 g/mol. The van der Waals surface area contributed by atoms with Gasteiger partial charge in [0, 0.05) is 13.0 Å². The third-order valence-electron chi connectivity index (χ3n) is 1.28. The fourth-order valence-corrected chi connectivity index (χ4v) is 0.640. The maximum atomic E-state index is 5.53. The van der Waals surface area contributed by atoms with Crippen LogP contribution in [0.4, 0.5) is 11.4 Å². The van der Waals surface area contributed by atoms with E-state index in [1.54, 1.807) is 12.3 Å². The summed E-state index contributed by atoms with van der Waals surface area (Å²) in [6, 6.07) is 1.74. The highest BCUT2D eigenvalue weighted by atomic mass is 14.8. The van der Waals surface area contributed by atoms with Gasteiger partial charge in [0.25, 0.3) is 0 Å². The molecule has 0 unspecified atom stereocenters. The molecule has 0 aliphatic rings. The summed E-state index contributed by atoms with van der Waals surface area (Å²) in [5.74, 6) is 0. The zero-order valence-corrected chi connectivity index (χ0v) is 5.31. The van der Waals surface area contributed by atoms with Crippen LogP contribution in [0.15, 0.2) is 12.3 Å². The van der Waals surface area contributed by atoms with Crippen molar-refractivity contribution in [3.63, 3.8) is 0 Å². The number of pyridine rings is 1. The van der Waals surface area contributed by atoms with Crippen molar-refractivity contribution >= 4 is 11.4 Å². The van der Waals surface area contributed by atoms with Crippen molar-refractivity contribution in [1.82, 2.24) is 0 Å². The first-order valence-electron chi connectivity index (χ1n) is 2.74. The summed E-state index contributed by atoms with van der Waals surface area (Å²) in [6.45, 7) is 1.88. The van der Waals surface area contributed by atoms with Crippen molar-refractivity contribution in [2.75, 3.05) is 11.5 Å². The van der Waals surface area contributed by atoms with E-state index in [0.29, 0.717) is 11.4 Å². The molecule has 3 heteroatoms. The lowest BCUT2D eigenvalue weighted by molar-refractivity contribution is -0.386. The summed E-state index contributed by atoms with van der Waals surface area (Å²) in [5.41, 5.74) is 13.2. The highest BCUT2D eigenvalue weighted by Crippen LogP contribution is 2.12. The standard InChI is InChI=1S/C6H9N3/c1-4-6(8)5(7)2-3-9-4/h2-3H,8H2,1H3,(H2,7,9)/p+1. The molecule has 0 bridgehead atoms. The maximum Gasteiger partial charge on any atom is 0.201 e. The monoisotopic (exact) mass is 124 g/mol. The van der Waals surface area contributed by atoms with Gasteiger partial charge in [-0.15, -0.1) is 0 Å². The highest BCUT2D eigenvalue weighted by molar-refractivity contribution is 5.62. The number of aromatic nitrogens is 1. The van der Waals surface area contributed by atoms with Crippen LogP contribution in [0.1, 0.15) is 5.69 Å². The van der Waals surface area contributed by atoms with E-state index >= 15 is 0 Å². The summed E-state index contributed by atoms with van der Waals surface area (Å²) < 4.78 is 0. The van der Waals surface area contributed by atoms with Crippen LogP contribution in [0.3, 0.4) is 0 Å². The first-order valence-corrected chi connectivity index (χ1v) is 2.74. The van der Waals surface area contributed by atoms with E-state index in [0.717, 1.165) is 5.69 Å². The summed E-state index contributed by atoms with van der Waals surface area (Å²) >= 11 is 0. The first-order chi connectivity index (χ1) is 4.22. The summed E-state index contributed by atoms with van der Waals surface area (Å²) in [4.78, 5) is 2.94. The number of aryl methyl sites for hydroxylation is 1. The van der Waals surface area contributed by atoms with Crippen LogP contribution < -0.4 is 16.5 Å². The second-order valence-electron chi connectivity index (χ2n) is 1.97. The number of nitrogen functional groups attached to an aromatic ring is 2. The first kappa shape index (κ1) is 5.88. The van der Waals surface area contributed by atoms with E-state index in [4.69, 9.17) is 11.5 Å². The van der Waals surface area contributed by atoms with Gasteiger partial charge in [-0.2, -0.15) is 0 Å². The Morgan fingerprint density at radius 3 is 2.56 bits per heavy atom. The number of hydrogen-bond donors (Lipinski definition) is 2. The molecule has 0 amide bonds. The van der Waals surface area contributed by atoms with Gasteiger partial charge in [-0.1, -0.05) is 0 Å². The maximum absolute atomic E-state index is 5.53. The number of nitrogens with one attached hydrogen (secondary N) is 1. The molecule has 0 saturated heterocycles. The normalized spacial score (nSPS) is 9.44. The van der Waals surface area contributed by atoms with E-state index in [-0.39, 0.29) is 0 Å². The number of H-pyrrole nitrogens is 1. The van der Waals surface area contributed by atoms with E-state index in [1.165, 1.54) is 0 Å². The van der Waals surface area contributed by atoms with E-state index in [2.05, 4.69) is 4.98 Å². The molecule has 9 heavy (non-hydrogen) atoms. The largest absolute Gasteiger partial charge is 0.397 e. The number of anilines is 2. The molecule has 0 spiro atoms. The number of aromatic amines is 1. The molecule has 0 aromatic carbocycles. The van der Waals surface area contributed by atoms with Gasteiger partial charge in [-0.3, -0.25) is 0 Å². The molecule has 5 N–H and O–H groups in total. The molecule has 1 aromatic rings. The molecule has 0 fully saturated rings. The Balaban J connectivity index is 3.25. The van der Waals surface area contributed by atoms with Crippen molar-refractivity contribution in [1.29, 1.82) is 0 Å². The number of nitrogens with two attached hydrogens (primary N) is 2. The SMILES string of the molecule is Cc1[nH+]ccc(N)c1N. The lowest BCUT2D eigenvalue weighted by atomic mass is 10.3. The predicted octanol–water partition coefficient (Wildman–Crippen LogP) is -0.0265. The summed E-state index contributed by atoms with van der Waals surface area (Å²) in [5, 5.41) is 0. The minimum absolute atomic E-state index is 0.631. The van der Waals surface area contributed by atoms with E-state index < -0.39 is 0 Å². The highest BCUT2D eigenvalue weighted by Gasteiger charge is 2.01. The average Bonchev–Trinajstić information content (AvgIpc) is 1.83. The molecule has 0 atom stereocenters. The Morgan fingerprint density at radius 1 is 1.44 bits per heavy atom. The minimum atomic E-state index is 0.631. The van der Waals surface area contributed by atoms with Crippen LogP contribution >= 0.6 is 0 Å². The van der Waals surface area contributed by atoms with Gasteiger partial charge in [-0.05, 0) is 0 Å². The zero-order chi connectivity index (χ0) is 6.85. The van der Waals surface area contributed by atoms with Crippen LogP contribution in [0, 0.1) is 6.92 Å². The van der Waals surface area contributed by atoms with Gasteiger partial charge < -0.3 is 11.5 Å². The Hall–Kier alpha value is -1.25. The van der Waals surface area contributed by atoms with Gasteiger partial charge in [-0.25, -0.2) is 4.98 Å². The van der Waals surface area contributed by atoms with Crippen LogP contribution in [0.25, 0.3) is 0 Å². The van der Waals surface area contributed by atoms with Gasteiger partial charge in [0.1, 0.15) is 5.69 Å². The molecule has 1 heterocycles. The quantitative estimate of drug-likeness (QED) is 0.510. The van der Waals surface area contributed by atoms with Gasteiger partial charge in [0.2, 0.25) is 5.69 Å². The van der Waals surface area contributed by atoms with Crippen molar-refractivity contribution in [3.05, 3.63) is 18.0 Å². The molecular formula is C6H10N3+. The van der Waals surface area contributed by atoms with Crippen LogP contribution in [0.2, 0.25) is 0 Å². The predicted molar refractivity (Wildman–Crippen MR) is 36.6 cm³/mol. The van der Waals surface area contributed by atoms with E-state index in [1.807, 2.05) is 6.92 Å². The molecular weight excluding hydrogens is 114 g/mol. The molecule has 3 nitrogen and oxygen atoms in total. The summed E-state index contributed by atoms with van der Waals surface area (Å²) in [7, 11) is 0. The van der Waals surface area contributed by atoms with Crippen molar-refractivity contribution in [3.8, 4) is 0 Å². The molecule has 0 aliphatic carbocycles. The zero-order valence-electron chi connectivity index (χ0n) is 5.31. The number of hydrogen-bond acceptors (Lipinski definition) is 2. The van der Waals surface area contributed by atoms with Crippen molar-refractivity contribution < 1.29 is 4.98 Å². The van der Waals surface area contributed by atoms with Crippen LogP contribution in [-0.2, 0) is 0 Å². The Bertz CT molecular complexity index is 199. The van der Waals surface area contributed by atoms with E-state index in [9.17, 15) is 0 Å². The van der Waals surface area contributed by atoms with Crippen LogP contribution in [0.5, 0.6) is 0 Å². The van der Waals surface area contributed by atoms with Crippen molar-refractivity contribution in [2.24, 2.45) is 0 Å². The van der Waals surface area contributed by atoms with Gasteiger partial charge in [0.05, 0.1) is 5.69 Å². The smallest absolute Gasteiger partial charge is 0.201 e. The molecule has 0 aliphatic heterocycles. The fourth-order valence-electron chi connectivity index (χ4n) is 0.640. The third-order valence-corrected chi connectivity index (χ3v) is 1.28. The number of rotatable bonds is 0. The fraction of sp³-hybridized carbons (Fsp3) is 0.167. The molecule has 0 radical (unpaired) electrons. The third kappa shape index (κ3) is 0.937.